The van der Waals surface area contributed by atoms with Crippen LogP contribution in [0.3, 0.4) is 0 Å². The van der Waals surface area contributed by atoms with E-state index < -0.39 is 0 Å². The summed E-state index contributed by atoms with van der Waals surface area (Å²) in [4.78, 5) is 27.0. The lowest BCUT2D eigenvalue weighted by Crippen LogP contribution is -2.44. The van der Waals surface area contributed by atoms with Crippen LogP contribution in [0.2, 0.25) is 0 Å². The molecule has 1 fully saturated rings. The molecule has 104 valence electrons. The monoisotopic (exact) mass is 256 g/mol. The van der Waals surface area contributed by atoms with E-state index in [4.69, 9.17) is 4.74 Å². The van der Waals surface area contributed by atoms with Gasteiger partial charge in [-0.05, 0) is 25.7 Å². The first kappa shape index (κ1) is 15.0. The molecule has 0 aromatic carbocycles. The van der Waals surface area contributed by atoms with Crippen LogP contribution >= 0.6 is 0 Å². The molecular formula is C13H24N2O3. The highest BCUT2D eigenvalue weighted by atomic mass is 16.5. The molecule has 0 atom stereocenters. The van der Waals surface area contributed by atoms with Gasteiger partial charge in [0.2, 0.25) is 11.8 Å². The zero-order valence-electron chi connectivity index (χ0n) is 11.5. The molecule has 0 radical (unpaired) electrons. The minimum absolute atomic E-state index is 0.0449. The number of carbonyl (C=O) groups excluding carboxylic acids is 2. The highest BCUT2D eigenvalue weighted by Crippen LogP contribution is 2.09. The number of amides is 2. The van der Waals surface area contributed by atoms with Crippen molar-refractivity contribution in [2.45, 2.75) is 32.6 Å². The Morgan fingerprint density at radius 3 is 2.44 bits per heavy atom. The summed E-state index contributed by atoms with van der Waals surface area (Å²) >= 11 is 0. The number of ether oxygens (including phenoxy) is 1. The molecule has 1 aliphatic rings. The largest absolute Gasteiger partial charge is 0.385 e. The highest BCUT2D eigenvalue weighted by molar-refractivity contribution is 5.83. The Hall–Kier alpha value is -1.10. The molecule has 1 rings (SSSR count). The molecule has 0 spiro atoms. The molecule has 18 heavy (non-hydrogen) atoms. The lowest BCUT2D eigenvalue weighted by atomic mass is 10.1. The highest BCUT2D eigenvalue weighted by Gasteiger charge is 2.20. The van der Waals surface area contributed by atoms with Gasteiger partial charge in [-0.3, -0.25) is 9.59 Å². The smallest absolute Gasteiger partial charge is 0.242 e. The van der Waals surface area contributed by atoms with Crippen LogP contribution < -0.4 is 0 Å². The fourth-order valence-electron chi connectivity index (χ4n) is 2.15. The first-order chi connectivity index (χ1) is 8.65. The molecule has 5 heteroatoms. The summed E-state index contributed by atoms with van der Waals surface area (Å²) in [5.74, 6) is 0.0266. The van der Waals surface area contributed by atoms with E-state index in [0.717, 1.165) is 32.4 Å². The van der Waals surface area contributed by atoms with Crippen LogP contribution in [0.1, 0.15) is 32.6 Å². The second kappa shape index (κ2) is 8.08. The van der Waals surface area contributed by atoms with Crippen molar-refractivity contribution in [3.8, 4) is 0 Å². The third-order valence-electron chi connectivity index (χ3n) is 3.26. The Labute approximate surface area is 109 Å². The second-order valence-corrected chi connectivity index (χ2v) is 4.73. The van der Waals surface area contributed by atoms with Gasteiger partial charge in [0.15, 0.2) is 0 Å². The Balaban J connectivity index is 2.38. The van der Waals surface area contributed by atoms with Crippen molar-refractivity contribution >= 4 is 11.8 Å². The summed E-state index contributed by atoms with van der Waals surface area (Å²) in [7, 11) is 1.64. The molecule has 0 saturated carbocycles. The van der Waals surface area contributed by atoms with E-state index in [1.807, 2.05) is 4.90 Å². The van der Waals surface area contributed by atoms with E-state index in [2.05, 4.69) is 0 Å². The standard InChI is InChI=1S/C13H24N2O3/c1-12(16)15(9-6-10-18-2)11-13(17)14-7-4-3-5-8-14/h3-11H2,1-2H3. The molecule has 0 aromatic heterocycles. The molecule has 1 heterocycles. The molecule has 0 unspecified atom stereocenters. The van der Waals surface area contributed by atoms with Gasteiger partial charge in [-0.15, -0.1) is 0 Å². The van der Waals surface area contributed by atoms with Gasteiger partial charge in [-0.25, -0.2) is 0 Å². The van der Waals surface area contributed by atoms with Gasteiger partial charge < -0.3 is 14.5 Å². The first-order valence-electron chi connectivity index (χ1n) is 6.67. The molecule has 0 aromatic rings. The summed E-state index contributed by atoms with van der Waals surface area (Å²) in [6.07, 6.45) is 4.13. The van der Waals surface area contributed by atoms with Gasteiger partial charge >= 0.3 is 0 Å². The predicted molar refractivity (Wildman–Crippen MR) is 69.2 cm³/mol. The number of methoxy groups -OCH3 is 1. The Morgan fingerprint density at radius 2 is 1.89 bits per heavy atom. The molecule has 0 bridgehead atoms. The van der Waals surface area contributed by atoms with Crippen molar-refractivity contribution in [1.82, 2.24) is 9.80 Å². The van der Waals surface area contributed by atoms with Crippen LogP contribution in [0, 0.1) is 0 Å². The maximum atomic E-state index is 12.0. The third kappa shape index (κ3) is 5.04. The number of rotatable bonds is 6. The SMILES string of the molecule is COCCCN(CC(=O)N1CCCCC1)C(C)=O. The van der Waals surface area contributed by atoms with Gasteiger partial charge in [-0.1, -0.05) is 0 Å². The normalized spacial score (nSPS) is 15.6. The van der Waals surface area contributed by atoms with E-state index in [1.165, 1.54) is 13.3 Å². The summed E-state index contributed by atoms with van der Waals surface area (Å²) < 4.78 is 4.96. The lowest BCUT2D eigenvalue weighted by Gasteiger charge is -2.29. The Kier molecular flexibility index (Phi) is 6.72. The maximum Gasteiger partial charge on any atom is 0.242 e. The van der Waals surface area contributed by atoms with Crippen molar-refractivity contribution in [1.29, 1.82) is 0 Å². The van der Waals surface area contributed by atoms with Crippen molar-refractivity contribution in [2.75, 3.05) is 39.9 Å². The van der Waals surface area contributed by atoms with Gasteiger partial charge in [0.05, 0.1) is 6.54 Å². The molecule has 1 saturated heterocycles. The third-order valence-corrected chi connectivity index (χ3v) is 3.26. The van der Waals surface area contributed by atoms with E-state index in [9.17, 15) is 9.59 Å². The first-order valence-corrected chi connectivity index (χ1v) is 6.67. The lowest BCUT2D eigenvalue weighted by molar-refractivity contribution is -0.140. The topological polar surface area (TPSA) is 49.9 Å². The molecule has 2 amide bonds. The van der Waals surface area contributed by atoms with Crippen LogP contribution in [-0.2, 0) is 14.3 Å². The van der Waals surface area contributed by atoms with E-state index in [0.29, 0.717) is 13.2 Å². The number of hydrogen-bond acceptors (Lipinski definition) is 3. The summed E-state index contributed by atoms with van der Waals surface area (Å²) in [5, 5.41) is 0. The fraction of sp³-hybridized carbons (Fsp3) is 0.846. The fourth-order valence-corrected chi connectivity index (χ4v) is 2.15. The van der Waals surface area contributed by atoms with Crippen molar-refractivity contribution in [3.05, 3.63) is 0 Å². The minimum atomic E-state index is -0.0449. The van der Waals surface area contributed by atoms with E-state index >= 15 is 0 Å². The predicted octanol–water partition coefficient (Wildman–Crippen LogP) is 0.884. The Bertz CT molecular complexity index is 275. The van der Waals surface area contributed by atoms with Crippen LogP contribution in [0.4, 0.5) is 0 Å². The number of nitrogens with zero attached hydrogens (tertiary/aromatic N) is 2. The molecule has 5 nitrogen and oxygen atoms in total. The summed E-state index contributed by atoms with van der Waals surface area (Å²) in [5.41, 5.74) is 0. The van der Waals surface area contributed by atoms with Crippen molar-refractivity contribution < 1.29 is 14.3 Å². The van der Waals surface area contributed by atoms with E-state index in [-0.39, 0.29) is 18.4 Å². The summed E-state index contributed by atoms with van der Waals surface area (Å²) in [6, 6.07) is 0. The minimum Gasteiger partial charge on any atom is -0.385 e. The second-order valence-electron chi connectivity index (χ2n) is 4.73. The zero-order valence-corrected chi connectivity index (χ0v) is 11.5. The van der Waals surface area contributed by atoms with Crippen LogP contribution in [0.5, 0.6) is 0 Å². The Morgan fingerprint density at radius 1 is 1.22 bits per heavy atom. The molecule has 1 aliphatic heterocycles. The zero-order chi connectivity index (χ0) is 13.4. The van der Waals surface area contributed by atoms with Crippen molar-refractivity contribution in [3.63, 3.8) is 0 Å². The van der Waals surface area contributed by atoms with Crippen LogP contribution in [0.25, 0.3) is 0 Å². The molecular weight excluding hydrogens is 232 g/mol. The quantitative estimate of drug-likeness (QED) is 0.663. The number of likely N-dealkylation sites (tertiary alicyclic amines) is 1. The van der Waals surface area contributed by atoms with Gasteiger partial charge in [0.1, 0.15) is 0 Å². The molecule has 0 N–H and O–H groups in total. The summed E-state index contributed by atoms with van der Waals surface area (Å²) in [6.45, 7) is 4.59. The van der Waals surface area contributed by atoms with Crippen LogP contribution in [0.15, 0.2) is 0 Å². The van der Waals surface area contributed by atoms with Crippen molar-refractivity contribution in [2.24, 2.45) is 0 Å². The average molecular weight is 256 g/mol. The van der Waals surface area contributed by atoms with E-state index in [1.54, 1.807) is 12.0 Å². The van der Waals surface area contributed by atoms with Gasteiger partial charge in [0, 0.05) is 40.3 Å². The number of hydrogen-bond donors (Lipinski definition) is 0. The van der Waals surface area contributed by atoms with Gasteiger partial charge in [0.25, 0.3) is 0 Å². The number of piperidine rings is 1. The number of carbonyl (C=O) groups is 2. The molecule has 0 aliphatic carbocycles. The maximum absolute atomic E-state index is 12.0. The van der Waals surface area contributed by atoms with Crippen LogP contribution in [-0.4, -0.2) is 61.5 Å². The average Bonchev–Trinajstić information content (AvgIpc) is 2.38. The van der Waals surface area contributed by atoms with Gasteiger partial charge in [-0.2, -0.15) is 0 Å².